The molecule has 150 valence electrons. The van der Waals surface area contributed by atoms with Crippen molar-refractivity contribution in [3.63, 3.8) is 0 Å². The molecule has 5 nitrogen and oxygen atoms in total. The van der Waals surface area contributed by atoms with E-state index < -0.39 is 35.1 Å². The summed E-state index contributed by atoms with van der Waals surface area (Å²) < 4.78 is 37.4. The fourth-order valence-corrected chi connectivity index (χ4v) is 11.3. The summed E-state index contributed by atoms with van der Waals surface area (Å²) in [4.78, 5) is 0. The normalized spacial score (nSPS) is 17.2. The Morgan fingerprint density at radius 1 is 1.00 bits per heavy atom. The average molecular weight is 411 g/mol. The Balaban J connectivity index is 6.61. The van der Waals surface area contributed by atoms with Crippen LogP contribution in [0.3, 0.4) is 0 Å². The molecular weight excluding hydrogens is 371 g/mol. The van der Waals surface area contributed by atoms with Gasteiger partial charge in [-0.05, 0) is 46.8 Å². The van der Waals surface area contributed by atoms with Crippen LogP contribution in [0.5, 0.6) is 0 Å². The summed E-state index contributed by atoms with van der Waals surface area (Å²) in [5, 5.41) is 0. The monoisotopic (exact) mass is 410 g/mol. The minimum absolute atomic E-state index is 0.312. The highest BCUT2D eigenvalue weighted by atomic mass is 31.2. The van der Waals surface area contributed by atoms with Crippen molar-refractivity contribution in [2.24, 2.45) is 0 Å². The molecule has 25 heavy (non-hydrogen) atoms. The maximum absolute atomic E-state index is 14.1. The Morgan fingerprint density at radius 3 is 1.76 bits per heavy atom. The summed E-state index contributed by atoms with van der Waals surface area (Å²) in [6.07, 6.45) is 1.62. The van der Waals surface area contributed by atoms with Crippen LogP contribution in [0.4, 0.5) is 0 Å². The van der Waals surface area contributed by atoms with Gasteiger partial charge in [0.15, 0.2) is 14.6 Å². The lowest BCUT2D eigenvalue weighted by molar-refractivity contribution is -0.0974. The fourth-order valence-electron chi connectivity index (χ4n) is 2.98. The lowest BCUT2D eigenvalue weighted by atomic mass is 10.3. The third kappa shape index (κ3) is 6.13. The van der Waals surface area contributed by atoms with Gasteiger partial charge in [-0.3, -0.25) is 4.57 Å². The largest absolute Gasteiger partial charge is 0.392 e. The van der Waals surface area contributed by atoms with Crippen LogP contribution < -0.4 is 0 Å². The zero-order valence-corrected chi connectivity index (χ0v) is 20.6. The van der Waals surface area contributed by atoms with E-state index in [-0.39, 0.29) is 0 Å². The number of hydrogen-bond donors (Lipinski definition) is 0. The molecule has 2 unspecified atom stereocenters. The van der Waals surface area contributed by atoms with Gasteiger partial charge in [0, 0.05) is 6.61 Å². The second-order valence-corrected chi connectivity index (χ2v) is 20.6. The molecule has 0 N–H and O–H groups in total. The molecule has 0 saturated heterocycles. The summed E-state index contributed by atoms with van der Waals surface area (Å²) in [6.45, 7) is 23.4. The van der Waals surface area contributed by atoms with E-state index >= 15 is 0 Å². The van der Waals surface area contributed by atoms with Crippen LogP contribution >= 0.6 is 7.60 Å². The zero-order valence-electron chi connectivity index (χ0n) is 17.7. The molecule has 0 heterocycles. The maximum atomic E-state index is 14.1. The van der Waals surface area contributed by atoms with Gasteiger partial charge in [-0.1, -0.05) is 25.7 Å². The Hall–Kier alpha value is 0.244. The second kappa shape index (κ2) is 9.97. The first-order valence-electron chi connectivity index (χ1n) is 9.14. The summed E-state index contributed by atoms with van der Waals surface area (Å²) in [6, 6.07) is 0. The van der Waals surface area contributed by atoms with E-state index in [0.717, 1.165) is 0 Å². The Bertz CT molecular complexity index is 449. The third-order valence-electron chi connectivity index (χ3n) is 4.01. The highest BCUT2D eigenvalue weighted by molar-refractivity contribution is 7.59. The molecular formula is C17H39O5PSi2. The molecule has 0 aliphatic heterocycles. The van der Waals surface area contributed by atoms with Crippen LogP contribution in [0.15, 0.2) is 12.7 Å². The van der Waals surface area contributed by atoms with E-state index in [4.69, 9.17) is 18.2 Å². The van der Waals surface area contributed by atoms with Gasteiger partial charge in [0.25, 0.3) is 0 Å². The van der Waals surface area contributed by atoms with Crippen molar-refractivity contribution < 1.29 is 22.8 Å². The first kappa shape index (κ1) is 25.2. The minimum atomic E-state index is -3.51. The van der Waals surface area contributed by atoms with Gasteiger partial charge in [0.2, 0.25) is 0 Å². The van der Waals surface area contributed by atoms with Gasteiger partial charge < -0.3 is 18.2 Å². The Kier molecular flexibility index (Phi) is 10.1. The zero-order chi connectivity index (χ0) is 19.9. The molecule has 0 spiro atoms. The van der Waals surface area contributed by atoms with Gasteiger partial charge in [-0.25, -0.2) is 0 Å². The SMILES string of the molecule is C=CCC(C(OCC)O[Si](C)(C)C)([Si](C)(C)C)P(=O)(OCC)OCC. The van der Waals surface area contributed by atoms with Crippen molar-refractivity contribution in [3.05, 3.63) is 12.7 Å². The molecule has 0 aliphatic rings. The number of hydrogen-bond acceptors (Lipinski definition) is 5. The number of ether oxygens (including phenoxy) is 1. The second-order valence-electron chi connectivity index (χ2n) is 8.02. The molecule has 0 aromatic rings. The van der Waals surface area contributed by atoms with Gasteiger partial charge in [-0.2, -0.15) is 0 Å². The predicted molar refractivity (Wildman–Crippen MR) is 112 cm³/mol. The first-order chi connectivity index (χ1) is 11.3. The Labute approximate surface area is 157 Å². The summed E-state index contributed by atoms with van der Waals surface area (Å²) in [5.41, 5.74) is 0. The smallest absolute Gasteiger partial charge is 0.339 e. The molecule has 8 heteroatoms. The molecule has 0 radical (unpaired) electrons. The van der Waals surface area contributed by atoms with Gasteiger partial charge >= 0.3 is 7.60 Å². The molecule has 0 rings (SSSR count). The van der Waals surface area contributed by atoms with Crippen molar-refractivity contribution in [2.45, 2.75) is 77.5 Å². The van der Waals surface area contributed by atoms with Crippen LogP contribution in [-0.2, 0) is 22.8 Å². The van der Waals surface area contributed by atoms with Crippen LogP contribution in [0.1, 0.15) is 27.2 Å². The van der Waals surface area contributed by atoms with Crippen molar-refractivity contribution in [1.29, 1.82) is 0 Å². The van der Waals surface area contributed by atoms with E-state index in [1.807, 2.05) is 20.8 Å². The average Bonchev–Trinajstić information content (AvgIpc) is 2.41. The van der Waals surface area contributed by atoms with Crippen molar-refractivity contribution in [2.75, 3.05) is 19.8 Å². The molecule has 0 saturated carbocycles. The minimum Gasteiger partial charge on any atom is -0.392 e. The fraction of sp³-hybridized carbons (Fsp3) is 0.882. The number of rotatable bonds is 13. The van der Waals surface area contributed by atoms with Gasteiger partial charge in [0.1, 0.15) is 4.78 Å². The van der Waals surface area contributed by atoms with Crippen molar-refractivity contribution >= 4 is 24.0 Å². The molecule has 0 aromatic heterocycles. The van der Waals surface area contributed by atoms with Crippen LogP contribution in [0, 0.1) is 0 Å². The van der Waals surface area contributed by atoms with Crippen LogP contribution in [0.25, 0.3) is 0 Å². The summed E-state index contributed by atoms with van der Waals surface area (Å²) in [7, 11) is -7.66. The predicted octanol–water partition coefficient (Wildman–Crippen LogP) is 5.66. The molecule has 0 bridgehead atoms. The van der Waals surface area contributed by atoms with E-state index in [9.17, 15) is 4.57 Å². The lowest BCUT2D eigenvalue weighted by Crippen LogP contribution is -2.63. The first-order valence-corrected chi connectivity index (χ1v) is 17.6. The maximum Gasteiger partial charge on any atom is 0.339 e. The van der Waals surface area contributed by atoms with E-state index in [2.05, 4.69) is 45.9 Å². The summed E-state index contributed by atoms with van der Waals surface area (Å²) in [5.74, 6) is 0. The molecule has 2 atom stereocenters. The Morgan fingerprint density at radius 2 is 1.48 bits per heavy atom. The van der Waals surface area contributed by atoms with Gasteiger partial charge in [0.05, 0.1) is 21.3 Å². The molecule has 0 fully saturated rings. The van der Waals surface area contributed by atoms with Crippen LogP contribution in [0.2, 0.25) is 39.3 Å². The quantitative estimate of drug-likeness (QED) is 0.170. The van der Waals surface area contributed by atoms with Crippen LogP contribution in [-0.4, -0.2) is 47.3 Å². The summed E-state index contributed by atoms with van der Waals surface area (Å²) >= 11 is 0. The third-order valence-corrected chi connectivity index (χ3v) is 13.4. The molecule has 0 aromatic carbocycles. The van der Waals surface area contributed by atoms with E-state index in [0.29, 0.717) is 26.2 Å². The highest BCUT2D eigenvalue weighted by Gasteiger charge is 2.64. The van der Waals surface area contributed by atoms with Crippen molar-refractivity contribution in [1.82, 2.24) is 0 Å². The number of allylic oxidation sites excluding steroid dienone is 1. The highest BCUT2D eigenvalue weighted by Crippen LogP contribution is 2.67. The van der Waals surface area contributed by atoms with E-state index in [1.54, 1.807) is 6.08 Å². The molecule has 0 aliphatic carbocycles. The van der Waals surface area contributed by atoms with Gasteiger partial charge in [-0.15, -0.1) is 6.58 Å². The van der Waals surface area contributed by atoms with Crippen molar-refractivity contribution in [3.8, 4) is 0 Å². The van der Waals surface area contributed by atoms with E-state index in [1.165, 1.54) is 0 Å². The lowest BCUT2D eigenvalue weighted by Gasteiger charge is -2.51. The standard InChI is InChI=1S/C17H39O5PSi2/c1-11-15-17(24(5,6)7,23(18,20-13-3)21-14-4)16(19-12-2)22-25(8,9)10/h11,16H,1,12-15H2,2-10H3. The topological polar surface area (TPSA) is 54.0 Å². The molecule has 0 amide bonds.